The maximum Gasteiger partial charge on any atom is 0.416 e. The Balaban J connectivity index is 2.06. The van der Waals surface area contributed by atoms with Crippen molar-refractivity contribution in [2.45, 2.75) is 25.2 Å². The molecule has 1 heterocycles. The summed E-state index contributed by atoms with van der Waals surface area (Å²) in [4.78, 5) is 1.58. The van der Waals surface area contributed by atoms with Gasteiger partial charge in [0.1, 0.15) is 11.9 Å². The topological polar surface area (TPSA) is 64.4 Å². The summed E-state index contributed by atoms with van der Waals surface area (Å²) in [5.74, 6) is -0.998. The minimum Gasteiger partial charge on any atom is -0.363 e. The van der Waals surface area contributed by atoms with E-state index >= 15 is 0 Å². The first-order valence-corrected chi connectivity index (χ1v) is 11.9. The summed E-state index contributed by atoms with van der Waals surface area (Å²) in [6, 6.07) is 7.04. The van der Waals surface area contributed by atoms with Gasteiger partial charge in [0, 0.05) is 36.9 Å². The van der Waals surface area contributed by atoms with Crippen molar-refractivity contribution in [2.24, 2.45) is 0 Å². The number of alkyl halides is 3. The highest BCUT2D eigenvalue weighted by molar-refractivity contribution is 7.88. The molecule has 1 fully saturated rings. The molecule has 0 aromatic heterocycles. The van der Waals surface area contributed by atoms with Crippen LogP contribution < -0.4 is 4.90 Å². The Labute approximate surface area is 192 Å². The van der Waals surface area contributed by atoms with Crippen LogP contribution in [0.5, 0.6) is 0 Å². The number of anilines is 1. The van der Waals surface area contributed by atoms with Gasteiger partial charge in [-0.2, -0.15) is 18.4 Å². The molecule has 0 aliphatic carbocycles. The highest BCUT2D eigenvalue weighted by atomic mass is 35.5. The van der Waals surface area contributed by atoms with Crippen LogP contribution in [0.1, 0.15) is 23.1 Å². The van der Waals surface area contributed by atoms with E-state index in [-0.39, 0.29) is 35.8 Å². The Morgan fingerprint density at radius 1 is 1.22 bits per heavy atom. The second-order valence-corrected chi connectivity index (χ2v) is 10.2. The molecule has 0 bridgehead atoms. The first kappa shape index (κ1) is 24.6. The molecule has 1 aliphatic rings. The fourth-order valence-electron chi connectivity index (χ4n) is 3.58. The first-order chi connectivity index (χ1) is 14.8. The molecule has 1 saturated heterocycles. The predicted molar refractivity (Wildman–Crippen MR) is 114 cm³/mol. The van der Waals surface area contributed by atoms with E-state index in [4.69, 9.17) is 28.5 Å². The number of halogens is 6. The Morgan fingerprint density at radius 2 is 1.91 bits per heavy atom. The van der Waals surface area contributed by atoms with Gasteiger partial charge < -0.3 is 4.90 Å². The van der Waals surface area contributed by atoms with E-state index in [1.54, 1.807) is 4.90 Å². The summed E-state index contributed by atoms with van der Waals surface area (Å²) >= 11 is 11.9. The summed E-state index contributed by atoms with van der Waals surface area (Å²) in [6.07, 6.45) is -3.31. The molecule has 2 aromatic carbocycles. The molecule has 0 unspecified atom stereocenters. The molecule has 0 radical (unpaired) electrons. The third-order valence-corrected chi connectivity index (χ3v) is 7.07. The highest BCUT2D eigenvalue weighted by Gasteiger charge is 2.35. The second-order valence-electron chi connectivity index (χ2n) is 7.40. The molecule has 0 saturated carbocycles. The fourth-order valence-corrected chi connectivity index (χ4v) is 4.91. The van der Waals surface area contributed by atoms with Crippen molar-refractivity contribution in [1.29, 1.82) is 5.26 Å². The number of rotatable bonds is 5. The van der Waals surface area contributed by atoms with E-state index < -0.39 is 38.6 Å². The minimum atomic E-state index is -4.73. The third kappa shape index (κ3) is 5.29. The lowest BCUT2D eigenvalue weighted by atomic mass is 10.1. The highest BCUT2D eigenvalue weighted by Crippen LogP contribution is 2.36. The number of hydrogen-bond acceptors (Lipinski definition) is 4. The monoisotopic (exact) mass is 509 g/mol. The fraction of sp³-hybridized carbons (Fsp3) is 0.350. The third-order valence-electron chi connectivity index (χ3n) is 5.21. The molecule has 12 heteroatoms. The van der Waals surface area contributed by atoms with E-state index in [2.05, 4.69) is 0 Å². The maximum atomic E-state index is 14.7. The van der Waals surface area contributed by atoms with Crippen LogP contribution in [0.15, 0.2) is 30.3 Å². The van der Waals surface area contributed by atoms with E-state index in [0.717, 1.165) is 6.26 Å². The van der Waals surface area contributed by atoms with Crippen molar-refractivity contribution in [3.05, 3.63) is 62.9 Å². The van der Waals surface area contributed by atoms with E-state index in [1.165, 1.54) is 22.5 Å². The minimum absolute atomic E-state index is 0.0603. The predicted octanol–water partition coefficient (Wildman–Crippen LogP) is 5.06. The van der Waals surface area contributed by atoms with Crippen molar-refractivity contribution in [2.75, 3.05) is 24.2 Å². The van der Waals surface area contributed by atoms with Gasteiger partial charge in [-0.25, -0.2) is 17.1 Å². The van der Waals surface area contributed by atoms with Gasteiger partial charge in [-0.15, -0.1) is 0 Å². The molecule has 3 rings (SSSR count). The number of nitrogens with zero attached hydrogens (tertiary/aromatic N) is 3. The van der Waals surface area contributed by atoms with Crippen molar-refractivity contribution in [1.82, 2.24) is 4.31 Å². The SMILES string of the molecule is CS(=O)(=O)N1CC[C@H](N(Cc2cc(C(F)(F)F)cc(Cl)c2F)c2ccc(C#N)c(Cl)c2)C1. The molecule has 0 amide bonds. The summed E-state index contributed by atoms with van der Waals surface area (Å²) in [5, 5.41) is 8.54. The molecule has 2 aromatic rings. The average Bonchev–Trinajstić information content (AvgIpc) is 3.18. The molecule has 0 N–H and O–H groups in total. The molecular weight excluding hydrogens is 493 g/mol. The van der Waals surface area contributed by atoms with Crippen molar-refractivity contribution < 1.29 is 26.0 Å². The Hall–Kier alpha value is -2.06. The molecule has 172 valence electrons. The number of nitriles is 1. The van der Waals surface area contributed by atoms with Crippen LogP contribution in [-0.4, -0.2) is 38.1 Å². The van der Waals surface area contributed by atoms with Crippen LogP contribution in [-0.2, 0) is 22.7 Å². The summed E-state index contributed by atoms with van der Waals surface area (Å²) in [6.45, 7) is -0.0550. The molecular formula is C20H17Cl2F4N3O2S. The second kappa shape index (κ2) is 9.06. The van der Waals surface area contributed by atoms with Crippen molar-refractivity contribution >= 4 is 38.9 Å². The largest absolute Gasteiger partial charge is 0.416 e. The van der Waals surface area contributed by atoms with Crippen LogP contribution in [0.3, 0.4) is 0 Å². The average molecular weight is 510 g/mol. The van der Waals surface area contributed by atoms with E-state index in [1.807, 2.05) is 6.07 Å². The summed E-state index contributed by atoms with van der Waals surface area (Å²) in [5.41, 5.74) is -0.806. The normalized spacial score (nSPS) is 17.4. The zero-order valence-electron chi connectivity index (χ0n) is 16.6. The van der Waals surface area contributed by atoms with Crippen LogP contribution in [0.4, 0.5) is 23.2 Å². The molecule has 1 aliphatic heterocycles. The molecule has 32 heavy (non-hydrogen) atoms. The van der Waals surface area contributed by atoms with Gasteiger partial charge in [-0.3, -0.25) is 0 Å². The number of sulfonamides is 1. The van der Waals surface area contributed by atoms with Crippen molar-refractivity contribution in [3.8, 4) is 6.07 Å². The standard InChI is InChI=1S/C20H17Cl2F4N3O2S/c1-32(30,31)28-5-4-16(11-28)29(15-3-2-12(9-27)17(21)8-15)10-13-6-14(20(24,25)26)7-18(22)19(13)23/h2-3,6-8,16H,4-5,10-11H2,1H3/t16-/m0/s1. The van der Waals surface area contributed by atoms with Crippen LogP contribution in [0, 0.1) is 17.1 Å². The van der Waals surface area contributed by atoms with E-state index in [9.17, 15) is 26.0 Å². The van der Waals surface area contributed by atoms with Gasteiger partial charge in [-0.05, 0) is 36.8 Å². The van der Waals surface area contributed by atoms with Crippen LogP contribution in [0.2, 0.25) is 10.0 Å². The van der Waals surface area contributed by atoms with Crippen molar-refractivity contribution in [3.63, 3.8) is 0 Å². The molecule has 1 atom stereocenters. The lowest BCUT2D eigenvalue weighted by molar-refractivity contribution is -0.137. The number of benzene rings is 2. The smallest absolute Gasteiger partial charge is 0.363 e. The van der Waals surface area contributed by atoms with Crippen LogP contribution in [0.25, 0.3) is 0 Å². The Kier molecular flexibility index (Phi) is 6.96. The van der Waals surface area contributed by atoms with Gasteiger partial charge in [0.05, 0.1) is 27.4 Å². The first-order valence-electron chi connectivity index (χ1n) is 9.27. The quantitative estimate of drug-likeness (QED) is 0.528. The lowest BCUT2D eigenvalue weighted by Gasteiger charge is -2.32. The van der Waals surface area contributed by atoms with Gasteiger partial charge in [0.2, 0.25) is 10.0 Å². The van der Waals surface area contributed by atoms with Gasteiger partial charge in [0.25, 0.3) is 0 Å². The Bertz CT molecular complexity index is 1180. The lowest BCUT2D eigenvalue weighted by Crippen LogP contribution is -2.38. The molecule has 5 nitrogen and oxygen atoms in total. The van der Waals surface area contributed by atoms with Gasteiger partial charge in [0.15, 0.2) is 0 Å². The molecule has 0 spiro atoms. The Morgan fingerprint density at radius 3 is 2.44 bits per heavy atom. The van der Waals surface area contributed by atoms with Gasteiger partial charge in [-0.1, -0.05) is 23.2 Å². The maximum absolute atomic E-state index is 14.7. The summed E-state index contributed by atoms with van der Waals surface area (Å²) < 4.78 is 79.5. The van der Waals surface area contributed by atoms with E-state index in [0.29, 0.717) is 24.2 Å². The number of hydrogen-bond donors (Lipinski definition) is 0. The zero-order valence-corrected chi connectivity index (χ0v) is 19.0. The van der Waals surface area contributed by atoms with Crippen LogP contribution >= 0.6 is 23.2 Å². The zero-order chi connectivity index (χ0) is 23.8. The van der Waals surface area contributed by atoms with Gasteiger partial charge >= 0.3 is 6.18 Å². The summed E-state index contributed by atoms with van der Waals surface area (Å²) in [7, 11) is -3.49.